The Kier molecular flexibility index (Phi) is 13.8. The predicted octanol–water partition coefficient (Wildman–Crippen LogP) is 2.10. The van der Waals surface area contributed by atoms with Crippen LogP contribution in [0.5, 0.6) is 11.5 Å². The van der Waals surface area contributed by atoms with Crippen LogP contribution in [0.1, 0.15) is 30.4 Å². The Bertz CT molecular complexity index is 2710. The summed E-state index contributed by atoms with van der Waals surface area (Å²) >= 11 is 0. The number of ether oxygens (including phenoxy) is 3. The van der Waals surface area contributed by atoms with Gasteiger partial charge in [0.15, 0.2) is 16.6 Å². The summed E-state index contributed by atoms with van der Waals surface area (Å²) in [5, 5.41) is 81.1. The van der Waals surface area contributed by atoms with E-state index in [0.29, 0.717) is 34.0 Å². The van der Waals surface area contributed by atoms with Crippen molar-refractivity contribution in [1.82, 2.24) is 15.0 Å². The summed E-state index contributed by atoms with van der Waals surface area (Å²) in [6, 6.07) is 15.6. The molecular weight excluding hydrogens is 851 g/mol. The number of aromatic hydroxyl groups is 1. The maximum absolute atomic E-state index is 13.7. The quantitative estimate of drug-likeness (QED) is 0.0243. The minimum Gasteiger partial charge on any atom is -0.508 e. The molecule has 0 spiro atoms. The second-order valence-corrected chi connectivity index (χ2v) is 15.9. The fraction of sp³-hybridized carbons (Fsp3) is 0.348. The molecule has 65 heavy (non-hydrogen) atoms. The number of aliphatic carboxylic acids is 1. The summed E-state index contributed by atoms with van der Waals surface area (Å²) < 4.78 is 25.1. The Morgan fingerprint density at radius 3 is 2.43 bits per heavy atom. The zero-order chi connectivity index (χ0) is 46.6. The molecule has 7 rings (SSSR count). The molecule has 3 aromatic carbocycles. The summed E-state index contributed by atoms with van der Waals surface area (Å²) in [7, 11) is 0. The minimum atomic E-state index is -3.04. The minimum absolute atomic E-state index is 0.00184. The molecule has 0 bridgehead atoms. The van der Waals surface area contributed by atoms with Gasteiger partial charge in [0.2, 0.25) is 18.4 Å². The number of aromatic amines is 1. The van der Waals surface area contributed by atoms with Crippen LogP contribution in [0.15, 0.2) is 94.6 Å². The van der Waals surface area contributed by atoms with E-state index >= 15 is 0 Å². The molecule has 0 amide bonds. The number of aldehydes is 1. The van der Waals surface area contributed by atoms with Crippen LogP contribution in [0.4, 0.5) is 0 Å². The fourth-order valence-corrected chi connectivity index (χ4v) is 8.20. The van der Waals surface area contributed by atoms with E-state index in [1.54, 1.807) is 30.6 Å². The van der Waals surface area contributed by atoms with Crippen molar-refractivity contribution in [1.29, 1.82) is 0 Å². The van der Waals surface area contributed by atoms with Gasteiger partial charge in [-0.25, -0.2) is 9.59 Å². The zero-order valence-electron chi connectivity index (χ0n) is 35.2. The van der Waals surface area contributed by atoms with Crippen LogP contribution in [0, 0.1) is 13.8 Å². The van der Waals surface area contributed by atoms with E-state index in [0.717, 1.165) is 11.1 Å². The first-order chi connectivity index (χ1) is 31.1. The number of esters is 1. The van der Waals surface area contributed by atoms with Gasteiger partial charge in [-0.05, 0) is 74.7 Å². The number of benzene rings is 3. The lowest BCUT2D eigenvalue weighted by Gasteiger charge is -2.56. The largest absolute Gasteiger partial charge is 0.508 e. The summed E-state index contributed by atoms with van der Waals surface area (Å²) in [5.41, 5.74) is -2.24. The molecule has 6 aromatic rings. The van der Waals surface area contributed by atoms with Crippen molar-refractivity contribution in [3.63, 3.8) is 0 Å². The average molecular weight is 900 g/mol. The van der Waals surface area contributed by atoms with Crippen LogP contribution in [-0.2, 0) is 23.9 Å². The number of nitrogens with one attached hydrogen (secondary N) is 2. The highest BCUT2D eigenvalue weighted by molar-refractivity contribution is 5.98. The standard InChI is InChI=1S/C46H49N3O16/c1-25-17-26(2)19-29(18-25)39-37-28(12-14-48-37)21-49(39)65-41-44(63-31-10-11-32-34(20-31)61-22-33(40(32)55)27-6-8-30(53)9-7-27)64-36(23-62-43(58)38(42(56)57)47-13-4-16-51)45(59,24-52)46(41,60)35(54)5-3-15-50/h6-12,14,16-22,35-36,38,41,44,47-48,50,52-54,59-60H,3-5,13,15,23-24H2,1-2H3,(H,56,57)/t35-,36+,38-,41-,44+,45+,46+/m1/s1. The molecule has 4 heterocycles. The number of hydrogen-bond acceptors (Lipinski definition) is 16. The van der Waals surface area contributed by atoms with Gasteiger partial charge in [0.25, 0.3) is 0 Å². The number of carboxylic acids is 1. The van der Waals surface area contributed by atoms with Crippen molar-refractivity contribution >= 4 is 40.1 Å². The average Bonchev–Trinajstić information content (AvgIpc) is 3.87. The second kappa shape index (κ2) is 19.3. The Labute approximate surface area is 369 Å². The molecule has 1 fully saturated rings. The topological polar surface area (TPSA) is 293 Å². The van der Waals surface area contributed by atoms with Crippen LogP contribution in [-0.4, -0.2) is 132 Å². The second-order valence-electron chi connectivity index (χ2n) is 15.9. The van der Waals surface area contributed by atoms with Gasteiger partial charge in [0.05, 0.1) is 35.4 Å². The van der Waals surface area contributed by atoms with Gasteiger partial charge in [-0.15, -0.1) is 0 Å². The monoisotopic (exact) mass is 899 g/mol. The zero-order valence-corrected chi connectivity index (χ0v) is 35.2. The molecule has 7 atom stereocenters. The van der Waals surface area contributed by atoms with Gasteiger partial charge in [-0.1, -0.05) is 29.3 Å². The highest BCUT2D eigenvalue weighted by Gasteiger charge is 2.70. The van der Waals surface area contributed by atoms with E-state index in [-0.39, 0.29) is 47.4 Å². The summed E-state index contributed by atoms with van der Waals surface area (Å²) in [6.07, 6.45) is -3.59. The van der Waals surface area contributed by atoms with Crippen LogP contribution >= 0.6 is 0 Å². The summed E-state index contributed by atoms with van der Waals surface area (Å²) in [5.74, 6) is -3.10. The number of nitrogens with zero attached hydrogens (tertiary/aromatic N) is 1. The smallest absolute Gasteiger partial charge is 0.334 e. The lowest BCUT2D eigenvalue weighted by Crippen LogP contribution is -2.82. The molecule has 19 heteroatoms. The maximum atomic E-state index is 13.7. The number of phenolic OH excluding ortho intramolecular Hbond substituents is 1. The molecule has 1 aliphatic rings. The molecular formula is C46H49N3O16. The van der Waals surface area contributed by atoms with Gasteiger partial charge in [-0.3, -0.25) is 10.1 Å². The molecule has 1 aliphatic heterocycles. The number of fused-ring (bicyclic) bond motifs is 2. The van der Waals surface area contributed by atoms with Crippen LogP contribution in [0.3, 0.4) is 0 Å². The van der Waals surface area contributed by atoms with Crippen LogP contribution in [0.25, 0.3) is 44.3 Å². The molecule has 0 unspecified atom stereocenters. The molecule has 3 aromatic heterocycles. The van der Waals surface area contributed by atoms with Crippen LogP contribution in [0.2, 0.25) is 0 Å². The van der Waals surface area contributed by atoms with Crippen molar-refractivity contribution in [2.45, 2.75) is 75.0 Å². The Morgan fingerprint density at radius 1 is 1.02 bits per heavy atom. The van der Waals surface area contributed by atoms with E-state index < -0.39 is 85.5 Å². The SMILES string of the molecule is Cc1cc(C)cc(-c2c3[nH]ccc3cn2O[C@@H]2[C@@H](Oc3ccc4c(=O)c(-c5ccc(O)cc5)coc4c3)O[C@@H](COC(=O)[C@H](NCCC=O)C(=O)O)[C@@](O)(CO)[C@]2(O)[C@H](O)CCCO)c1. The van der Waals surface area contributed by atoms with Crippen molar-refractivity contribution in [2.24, 2.45) is 0 Å². The first-order valence-corrected chi connectivity index (χ1v) is 20.7. The number of aliphatic hydroxyl groups is 5. The molecule has 0 saturated carbocycles. The van der Waals surface area contributed by atoms with Crippen LogP contribution < -0.4 is 20.3 Å². The number of hydrogen-bond donors (Lipinski definition) is 9. The molecule has 1 saturated heterocycles. The van der Waals surface area contributed by atoms with Crippen molar-refractivity contribution in [2.75, 3.05) is 26.4 Å². The van der Waals surface area contributed by atoms with Gasteiger partial charge in [-0.2, -0.15) is 4.73 Å². The van der Waals surface area contributed by atoms with Crippen molar-refractivity contribution in [3.8, 4) is 33.9 Å². The maximum Gasteiger partial charge on any atom is 0.334 e. The normalized spacial score (nSPS) is 21.8. The Hall–Kier alpha value is -6.58. The van der Waals surface area contributed by atoms with E-state index in [1.165, 1.54) is 41.3 Å². The lowest BCUT2D eigenvalue weighted by atomic mass is 9.68. The fourth-order valence-electron chi connectivity index (χ4n) is 8.20. The highest BCUT2D eigenvalue weighted by Crippen LogP contribution is 2.44. The molecule has 0 aliphatic carbocycles. The lowest BCUT2D eigenvalue weighted by molar-refractivity contribution is -0.380. The van der Waals surface area contributed by atoms with Gasteiger partial charge < -0.3 is 69.0 Å². The summed E-state index contributed by atoms with van der Waals surface area (Å²) in [6.45, 7) is 0.736. The van der Waals surface area contributed by atoms with E-state index in [4.69, 9.17) is 23.5 Å². The van der Waals surface area contributed by atoms with E-state index in [9.17, 15) is 54.9 Å². The number of carboxylic acid groups (broad SMARTS) is 1. The number of H-pyrrole nitrogens is 1. The predicted molar refractivity (Wildman–Crippen MR) is 231 cm³/mol. The molecule has 0 radical (unpaired) electrons. The molecule has 344 valence electrons. The van der Waals surface area contributed by atoms with Crippen molar-refractivity contribution in [3.05, 3.63) is 107 Å². The van der Waals surface area contributed by atoms with Gasteiger partial charge >= 0.3 is 11.9 Å². The summed E-state index contributed by atoms with van der Waals surface area (Å²) in [4.78, 5) is 59.6. The number of carbonyl (C=O) groups is 3. The molecule has 9 N–H and O–H groups in total. The number of phenols is 1. The first-order valence-electron chi connectivity index (χ1n) is 20.7. The number of aryl methyl sites for hydroxylation is 2. The molecule has 19 nitrogen and oxygen atoms in total. The van der Waals surface area contributed by atoms with Crippen molar-refractivity contribution < 1.29 is 73.6 Å². The Morgan fingerprint density at radius 2 is 1.75 bits per heavy atom. The number of aliphatic hydroxyl groups excluding tert-OH is 3. The Balaban J connectivity index is 1.35. The third-order valence-electron chi connectivity index (χ3n) is 11.5. The number of carbonyl (C=O) groups excluding carboxylic acids is 2. The van der Waals surface area contributed by atoms with E-state index in [2.05, 4.69) is 10.3 Å². The van der Waals surface area contributed by atoms with Gasteiger partial charge in [0, 0.05) is 42.8 Å². The highest BCUT2D eigenvalue weighted by atomic mass is 16.8. The number of rotatable bonds is 19. The van der Waals surface area contributed by atoms with E-state index in [1.807, 2.05) is 32.0 Å². The number of aromatic nitrogens is 2. The third-order valence-corrected chi connectivity index (χ3v) is 11.5. The first kappa shape index (κ1) is 46.4. The third kappa shape index (κ3) is 9.07. The van der Waals surface area contributed by atoms with Gasteiger partial charge in [0.1, 0.15) is 48.0 Å².